The van der Waals surface area contributed by atoms with Crippen LogP contribution in [0.1, 0.15) is 24.6 Å². The molecule has 8 heteroatoms. The van der Waals surface area contributed by atoms with Crippen molar-refractivity contribution in [2.24, 2.45) is 0 Å². The number of piperidine rings is 1. The molecular weight excluding hydrogens is 440 g/mol. The number of rotatable bonds is 6. The molecular formula is C22H19ClN2O3S2. The molecule has 0 saturated carbocycles. The zero-order valence-corrected chi connectivity index (χ0v) is 18.5. The van der Waals surface area contributed by atoms with E-state index in [4.69, 9.17) is 16.3 Å². The van der Waals surface area contributed by atoms with Crippen LogP contribution in [0.25, 0.3) is 0 Å². The average Bonchev–Trinajstić information content (AvgIpc) is 3.28. The van der Waals surface area contributed by atoms with Crippen molar-refractivity contribution < 1.29 is 14.3 Å². The van der Waals surface area contributed by atoms with Crippen LogP contribution in [0.3, 0.4) is 0 Å². The van der Waals surface area contributed by atoms with E-state index in [-0.39, 0.29) is 18.1 Å². The molecule has 1 aliphatic heterocycles. The summed E-state index contributed by atoms with van der Waals surface area (Å²) in [6, 6.07) is 14.5. The number of nitrogens with zero attached hydrogens (tertiary/aromatic N) is 1. The summed E-state index contributed by atoms with van der Waals surface area (Å²) in [5.41, 5.74) is 0.380. The molecule has 2 unspecified atom stereocenters. The minimum atomic E-state index is -1.03. The van der Waals surface area contributed by atoms with Gasteiger partial charge in [0.15, 0.2) is 5.78 Å². The van der Waals surface area contributed by atoms with Crippen molar-refractivity contribution in [2.75, 3.05) is 6.61 Å². The fraction of sp³-hybridized carbons (Fsp3) is 0.227. The number of carbonyl (C=O) groups is 2. The Labute approximate surface area is 187 Å². The summed E-state index contributed by atoms with van der Waals surface area (Å²) in [7, 11) is 0. The molecule has 0 spiro atoms. The van der Waals surface area contributed by atoms with Crippen molar-refractivity contribution >= 4 is 46.4 Å². The summed E-state index contributed by atoms with van der Waals surface area (Å²) >= 11 is 8.91. The second kappa shape index (κ2) is 8.79. The normalized spacial score (nSPS) is 21.3. The van der Waals surface area contributed by atoms with Crippen LogP contribution in [0.15, 0.2) is 64.2 Å². The summed E-state index contributed by atoms with van der Waals surface area (Å²) in [6.07, 6.45) is 0.0974. The Morgan fingerprint density at radius 2 is 2.07 bits per heavy atom. The van der Waals surface area contributed by atoms with E-state index in [0.29, 0.717) is 28.1 Å². The summed E-state index contributed by atoms with van der Waals surface area (Å²) in [4.78, 5) is 31.7. The van der Waals surface area contributed by atoms with Crippen LogP contribution < -0.4 is 10.1 Å². The van der Waals surface area contributed by atoms with E-state index in [1.807, 2.05) is 48.0 Å². The number of thiophene rings is 1. The van der Waals surface area contributed by atoms with Gasteiger partial charge in [-0.1, -0.05) is 29.8 Å². The first-order chi connectivity index (χ1) is 14.5. The molecule has 0 radical (unpaired) electrons. The van der Waals surface area contributed by atoms with E-state index in [9.17, 15) is 9.59 Å². The predicted octanol–water partition coefficient (Wildman–Crippen LogP) is 4.69. The van der Waals surface area contributed by atoms with Gasteiger partial charge in [0, 0.05) is 17.4 Å². The lowest BCUT2D eigenvalue weighted by Gasteiger charge is -2.39. The second-order valence-electron chi connectivity index (χ2n) is 6.77. The largest absolute Gasteiger partial charge is 0.478 e. The molecule has 5 nitrogen and oxygen atoms in total. The number of aromatic nitrogens is 1. The number of hydrogen-bond donors (Lipinski definition) is 1. The third-order valence-electron chi connectivity index (χ3n) is 4.86. The first kappa shape index (κ1) is 20.9. The number of ketones is 1. The third-order valence-corrected chi connectivity index (χ3v) is 7.30. The molecule has 3 aromatic rings. The first-order valence-electron chi connectivity index (χ1n) is 9.42. The Bertz CT molecular complexity index is 1050. The first-order valence-corrected chi connectivity index (χ1v) is 11.6. The Morgan fingerprint density at radius 1 is 1.23 bits per heavy atom. The topological polar surface area (TPSA) is 68.3 Å². The van der Waals surface area contributed by atoms with Crippen molar-refractivity contribution in [2.45, 2.75) is 29.0 Å². The lowest BCUT2D eigenvalue weighted by Crippen LogP contribution is -2.58. The molecule has 1 fully saturated rings. The number of thioether (sulfide) groups is 1. The molecule has 3 heterocycles. The molecule has 1 aromatic carbocycles. The van der Waals surface area contributed by atoms with Gasteiger partial charge in [-0.15, -0.1) is 11.8 Å². The van der Waals surface area contributed by atoms with Crippen LogP contribution in [0.2, 0.25) is 5.02 Å². The molecule has 1 saturated heterocycles. The maximum atomic E-state index is 13.2. The maximum Gasteiger partial charge on any atom is 0.242 e. The van der Waals surface area contributed by atoms with E-state index in [1.54, 1.807) is 18.2 Å². The van der Waals surface area contributed by atoms with Gasteiger partial charge < -0.3 is 10.1 Å². The molecule has 154 valence electrons. The minimum Gasteiger partial charge on any atom is -0.478 e. The molecule has 2 atom stereocenters. The Hall–Kier alpha value is -2.35. The van der Waals surface area contributed by atoms with Gasteiger partial charge in [-0.3, -0.25) is 9.59 Å². The number of hydrogen-bond acceptors (Lipinski definition) is 6. The van der Waals surface area contributed by atoms with Crippen LogP contribution in [0, 0.1) is 0 Å². The number of Topliss-reactive ketones (excluding diaryl/α,β-unsaturated/α-hetero) is 1. The van der Waals surface area contributed by atoms with E-state index in [0.717, 1.165) is 5.56 Å². The van der Waals surface area contributed by atoms with E-state index in [1.165, 1.54) is 23.1 Å². The number of carbonyl (C=O) groups excluding carboxylic acids is 2. The summed E-state index contributed by atoms with van der Waals surface area (Å²) in [5.74, 6) is -0.0664. The smallest absolute Gasteiger partial charge is 0.242 e. The van der Waals surface area contributed by atoms with Gasteiger partial charge in [-0.25, -0.2) is 4.98 Å². The quantitative estimate of drug-likeness (QED) is 0.543. The van der Waals surface area contributed by atoms with Gasteiger partial charge in [-0.05, 0) is 47.5 Å². The highest BCUT2D eigenvalue weighted by atomic mass is 35.5. The van der Waals surface area contributed by atoms with Gasteiger partial charge in [0.25, 0.3) is 0 Å². The zero-order chi connectivity index (χ0) is 21.1. The number of ether oxygens (including phenoxy) is 1. The van der Waals surface area contributed by atoms with Crippen LogP contribution in [-0.4, -0.2) is 28.5 Å². The Kier molecular flexibility index (Phi) is 6.13. The number of benzene rings is 1. The summed E-state index contributed by atoms with van der Waals surface area (Å²) in [5, 5.41) is 6.61. The van der Waals surface area contributed by atoms with E-state index in [2.05, 4.69) is 10.3 Å². The highest BCUT2D eigenvalue weighted by Gasteiger charge is 2.48. The number of nitrogens with one attached hydrogen (secondary N) is 1. The van der Waals surface area contributed by atoms with Crippen molar-refractivity contribution in [1.29, 1.82) is 0 Å². The van der Waals surface area contributed by atoms with Crippen molar-refractivity contribution in [1.82, 2.24) is 10.3 Å². The lowest BCUT2D eigenvalue weighted by molar-refractivity contribution is -0.133. The fourth-order valence-corrected chi connectivity index (χ4v) is 5.44. The molecule has 1 amide bonds. The van der Waals surface area contributed by atoms with E-state index < -0.39 is 10.8 Å². The third kappa shape index (κ3) is 3.97. The van der Waals surface area contributed by atoms with Crippen LogP contribution in [-0.2, 0) is 15.1 Å². The molecule has 1 aliphatic rings. The van der Waals surface area contributed by atoms with Crippen LogP contribution in [0.4, 0.5) is 0 Å². The average molecular weight is 459 g/mol. The highest BCUT2D eigenvalue weighted by Crippen LogP contribution is 2.41. The molecule has 0 aliphatic carbocycles. The molecule has 4 rings (SSSR count). The monoisotopic (exact) mass is 458 g/mol. The number of amides is 1. The summed E-state index contributed by atoms with van der Waals surface area (Å²) < 4.78 is 5.54. The van der Waals surface area contributed by atoms with Crippen molar-refractivity contribution in [3.63, 3.8) is 0 Å². The van der Waals surface area contributed by atoms with Gasteiger partial charge >= 0.3 is 0 Å². The number of halogens is 1. The highest BCUT2D eigenvalue weighted by molar-refractivity contribution is 8.01. The fourth-order valence-electron chi connectivity index (χ4n) is 3.47. The van der Waals surface area contributed by atoms with E-state index >= 15 is 0 Å². The van der Waals surface area contributed by atoms with Gasteiger partial charge in [0.05, 0.1) is 17.3 Å². The summed E-state index contributed by atoms with van der Waals surface area (Å²) in [6.45, 7) is 2.36. The van der Waals surface area contributed by atoms with Gasteiger partial charge in [0.1, 0.15) is 10.8 Å². The lowest BCUT2D eigenvalue weighted by atomic mass is 9.79. The Balaban J connectivity index is 1.70. The second-order valence-corrected chi connectivity index (χ2v) is 9.11. The predicted molar refractivity (Wildman–Crippen MR) is 119 cm³/mol. The van der Waals surface area contributed by atoms with Gasteiger partial charge in [-0.2, -0.15) is 11.3 Å². The SMILES string of the molecule is CCOc1cccc(C2(c3ccsc3)CC(=O)C(Sc3ccccc3Cl)C(=O)N2)n1. The van der Waals surface area contributed by atoms with Gasteiger partial charge in [0.2, 0.25) is 11.8 Å². The number of pyridine rings is 1. The van der Waals surface area contributed by atoms with Crippen LogP contribution >= 0.6 is 34.7 Å². The minimum absolute atomic E-state index is 0.0974. The maximum absolute atomic E-state index is 13.2. The zero-order valence-electron chi connectivity index (χ0n) is 16.1. The molecule has 30 heavy (non-hydrogen) atoms. The molecule has 2 aromatic heterocycles. The standard InChI is InChI=1S/C22H19ClN2O3S2/c1-2-28-19-9-5-8-18(24-19)22(14-10-11-29-13-14)12-16(26)20(21(27)25-22)30-17-7-4-3-6-15(17)23/h3-11,13,20H,2,12H2,1H3,(H,25,27). The van der Waals surface area contributed by atoms with Crippen molar-refractivity contribution in [3.8, 4) is 5.88 Å². The molecule has 1 N–H and O–H groups in total. The molecule has 0 bridgehead atoms. The Morgan fingerprint density at radius 3 is 2.77 bits per heavy atom. The van der Waals surface area contributed by atoms with Crippen molar-refractivity contribution in [3.05, 3.63) is 75.6 Å². The van der Waals surface area contributed by atoms with Crippen LogP contribution in [0.5, 0.6) is 5.88 Å².